The maximum Gasteiger partial charge on any atom is 0.309 e. The van der Waals surface area contributed by atoms with Gasteiger partial charge in [0.1, 0.15) is 6.29 Å². The highest BCUT2D eigenvalue weighted by atomic mass is 16.2. The maximum absolute atomic E-state index is 9.50. The normalized spacial score (nSPS) is 7.00. The van der Waals surface area contributed by atoms with Gasteiger partial charge in [-0.2, -0.15) is 0 Å². The first-order valence-corrected chi connectivity index (χ1v) is 3.29. The van der Waals surface area contributed by atoms with Crippen LogP contribution in [-0.4, -0.2) is 18.3 Å². The van der Waals surface area contributed by atoms with Gasteiger partial charge in [0.2, 0.25) is 0 Å². The van der Waals surface area contributed by atoms with Crippen molar-refractivity contribution in [1.82, 2.24) is 0 Å². The minimum Gasteiger partial charge on any atom is -0.352 e. The molecule has 0 rings (SSSR count). The molecule has 4 amide bonds. The predicted molar refractivity (Wildman–Crippen MR) is 48.4 cm³/mol. The number of nitrogens with two attached hydrogens (primary N) is 4. The van der Waals surface area contributed by atoms with Crippen molar-refractivity contribution in [3.63, 3.8) is 0 Å². The van der Waals surface area contributed by atoms with Crippen molar-refractivity contribution >= 4 is 18.3 Å². The minimum atomic E-state index is -0.833. The summed E-state index contributed by atoms with van der Waals surface area (Å²) in [5.74, 6) is 0.204. The van der Waals surface area contributed by atoms with Crippen LogP contribution in [0.15, 0.2) is 0 Å². The number of amides is 4. The van der Waals surface area contributed by atoms with Crippen molar-refractivity contribution in [2.24, 2.45) is 28.9 Å². The highest BCUT2D eigenvalue weighted by Gasteiger charge is 1.79. The van der Waals surface area contributed by atoms with Gasteiger partial charge < -0.3 is 27.7 Å². The largest absolute Gasteiger partial charge is 0.352 e. The monoisotopic (exact) mass is 192 g/mol. The van der Waals surface area contributed by atoms with Crippen molar-refractivity contribution < 1.29 is 14.4 Å². The second-order valence-corrected chi connectivity index (χ2v) is 2.18. The number of urea groups is 2. The summed E-state index contributed by atoms with van der Waals surface area (Å²) in [6, 6.07) is -1.67. The topological polar surface area (TPSA) is 155 Å². The van der Waals surface area contributed by atoms with Gasteiger partial charge in [0.25, 0.3) is 0 Å². The molecule has 0 saturated carbocycles. The van der Waals surface area contributed by atoms with E-state index in [0.29, 0.717) is 0 Å². The molecule has 0 bridgehead atoms. The fourth-order valence-electron chi connectivity index (χ4n) is 0. The number of primary amides is 4. The van der Waals surface area contributed by atoms with E-state index in [9.17, 15) is 4.79 Å². The van der Waals surface area contributed by atoms with Gasteiger partial charge in [0.05, 0.1) is 0 Å². The molecule has 0 aromatic heterocycles. The SMILES string of the molecule is CC(C)C=O.NC(N)=O.NC(N)=O. The van der Waals surface area contributed by atoms with Crippen LogP contribution in [0.5, 0.6) is 0 Å². The first kappa shape index (κ1) is 17.3. The van der Waals surface area contributed by atoms with Gasteiger partial charge in [-0.05, 0) is 0 Å². The second kappa shape index (κ2) is 12.8. The van der Waals surface area contributed by atoms with E-state index in [1.165, 1.54) is 0 Å². The number of hydrogen-bond acceptors (Lipinski definition) is 3. The molecule has 7 heteroatoms. The predicted octanol–water partition coefficient (Wildman–Crippen LogP) is -1.11. The Morgan fingerprint density at radius 3 is 1.08 bits per heavy atom. The molecule has 0 spiro atoms. The van der Waals surface area contributed by atoms with Crippen molar-refractivity contribution in [1.29, 1.82) is 0 Å². The Bertz CT molecular complexity index is 138. The third kappa shape index (κ3) is 15600. The Kier molecular flexibility index (Phi) is 17.1. The molecule has 8 N–H and O–H groups in total. The molecule has 0 aromatic rings. The van der Waals surface area contributed by atoms with Crippen LogP contribution in [0.3, 0.4) is 0 Å². The Balaban J connectivity index is -0.000000117. The molecule has 0 aliphatic heterocycles. The lowest BCUT2D eigenvalue weighted by Gasteiger charge is -1.78. The van der Waals surface area contributed by atoms with Crippen LogP contribution in [0.25, 0.3) is 0 Å². The van der Waals surface area contributed by atoms with Crippen LogP contribution in [0.2, 0.25) is 0 Å². The summed E-state index contributed by atoms with van der Waals surface area (Å²) < 4.78 is 0. The lowest BCUT2D eigenvalue weighted by atomic mass is 10.3. The molecule has 0 atom stereocenters. The van der Waals surface area contributed by atoms with E-state index in [4.69, 9.17) is 9.59 Å². The molecule has 0 radical (unpaired) electrons. The molecule has 7 nitrogen and oxygen atoms in total. The molecule has 0 aliphatic carbocycles. The van der Waals surface area contributed by atoms with Crippen LogP contribution < -0.4 is 22.9 Å². The molecule has 0 saturated heterocycles. The first-order chi connectivity index (χ1) is 5.73. The van der Waals surface area contributed by atoms with Gasteiger partial charge in [0, 0.05) is 5.92 Å². The standard InChI is InChI=1S/C4H8O.2CH4N2O/c1-4(2)3-5;2*2-1(3)4/h3-4H,1-2H3;2*(H4,2,3,4). The number of carbonyl (C=O) groups is 3. The lowest BCUT2D eigenvalue weighted by molar-refractivity contribution is -0.110. The number of aldehydes is 1. The Morgan fingerprint density at radius 1 is 1.00 bits per heavy atom. The number of carbonyl (C=O) groups excluding carboxylic acids is 3. The van der Waals surface area contributed by atoms with E-state index in [0.717, 1.165) is 6.29 Å². The van der Waals surface area contributed by atoms with Crippen molar-refractivity contribution in [3.05, 3.63) is 0 Å². The quantitative estimate of drug-likeness (QED) is 0.389. The Hall–Kier alpha value is -1.79. The summed E-state index contributed by atoms with van der Waals surface area (Å²) in [6.07, 6.45) is 0.917. The smallest absolute Gasteiger partial charge is 0.309 e. The van der Waals surface area contributed by atoms with Gasteiger partial charge in [-0.3, -0.25) is 0 Å². The molecule has 0 fully saturated rings. The van der Waals surface area contributed by atoms with Crippen molar-refractivity contribution in [2.75, 3.05) is 0 Å². The van der Waals surface area contributed by atoms with Crippen LogP contribution in [0, 0.1) is 5.92 Å². The minimum absolute atomic E-state index is 0.204. The molecule has 0 aromatic carbocycles. The summed E-state index contributed by atoms with van der Waals surface area (Å²) in [5, 5.41) is 0. The van der Waals surface area contributed by atoms with Gasteiger partial charge in [-0.25, -0.2) is 9.59 Å². The Morgan fingerprint density at radius 2 is 1.08 bits per heavy atom. The Labute approximate surface area is 76.4 Å². The summed E-state index contributed by atoms with van der Waals surface area (Å²) in [5.41, 5.74) is 17.0. The molecule has 0 aliphatic rings. The average molecular weight is 192 g/mol. The van der Waals surface area contributed by atoms with Gasteiger partial charge in [0.15, 0.2) is 0 Å². The fourth-order valence-corrected chi connectivity index (χ4v) is 0. The van der Waals surface area contributed by atoms with Gasteiger partial charge >= 0.3 is 12.1 Å². The van der Waals surface area contributed by atoms with E-state index in [2.05, 4.69) is 22.9 Å². The number of rotatable bonds is 1. The summed E-state index contributed by atoms with van der Waals surface area (Å²) in [6.45, 7) is 3.71. The van der Waals surface area contributed by atoms with E-state index in [-0.39, 0.29) is 5.92 Å². The van der Waals surface area contributed by atoms with E-state index < -0.39 is 12.1 Å². The zero-order valence-corrected chi connectivity index (χ0v) is 7.69. The maximum atomic E-state index is 9.50. The summed E-state index contributed by atoms with van der Waals surface area (Å²) >= 11 is 0. The van der Waals surface area contributed by atoms with Crippen LogP contribution in [0.1, 0.15) is 13.8 Å². The van der Waals surface area contributed by atoms with Gasteiger partial charge in [-0.15, -0.1) is 0 Å². The first-order valence-electron chi connectivity index (χ1n) is 3.29. The number of hydrogen-bond donors (Lipinski definition) is 4. The highest BCUT2D eigenvalue weighted by molar-refractivity contribution is 5.69. The molecule has 13 heavy (non-hydrogen) atoms. The molecule has 78 valence electrons. The van der Waals surface area contributed by atoms with Gasteiger partial charge in [-0.1, -0.05) is 13.8 Å². The van der Waals surface area contributed by atoms with E-state index in [1.54, 1.807) is 0 Å². The zero-order chi connectivity index (χ0) is 11.4. The summed E-state index contributed by atoms with van der Waals surface area (Å²) in [4.78, 5) is 27.5. The van der Waals surface area contributed by atoms with E-state index in [1.807, 2.05) is 13.8 Å². The lowest BCUT2D eigenvalue weighted by Crippen LogP contribution is -2.18. The fraction of sp³-hybridized carbons (Fsp3) is 0.500. The second-order valence-electron chi connectivity index (χ2n) is 2.18. The molecule has 0 unspecified atom stereocenters. The van der Waals surface area contributed by atoms with Crippen LogP contribution >= 0.6 is 0 Å². The summed E-state index contributed by atoms with van der Waals surface area (Å²) in [7, 11) is 0. The third-order valence-electron chi connectivity index (χ3n) is 0.272. The highest BCUT2D eigenvalue weighted by Crippen LogP contribution is 1.78. The van der Waals surface area contributed by atoms with Crippen molar-refractivity contribution in [2.45, 2.75) is 13.8 Å². The van der Waals surface area contributed by atoms with E-state index >= 15 is 0 Å². The molecular weight excluding hydrogens is 176 g/mol. The van der Waals surface area contributed by atoms with Crippen LogP contribution in [0.4, 0.5) is 9.59 Å². The molecular formula is C6H16N4O3. The average Bonchev–Trinajstić information content (AvgIpc) is 1.84. The molecule has 0 heterocycles. The van der Waals surface area contributed by atoms with Crippen molar-refractivity contribution in [3.8, 4) is 0 Å². The third-order valence-corrected chi connectivity index (χ3v) is 0.272. The zero-order valence-electron chi connectivity index (χ0n) is 7.69. The van der Waals surface area contributed by atoms with Crippen LogP contribution in [-0.2, 0) is 4.79 Å².